The van der Waals surface area contributed by atoms with Crippen molar-refractivity contribution in [2.45, 2.75) is 44.9 Å². The lowest BCUT2D eigenvalue weighted by atomic mass is 9.89. The molecule has 0 radical (unpaired) electrons. The van der Waals surface area contributed by atoms with E-state index in [1.165, 1.54) is 11.3 Å². The fourth-order valence-electron chi connectivity index (χ4n) is 1.92. The van der Waals surface area contributed by atoms with E-state index in [2.05, 4.69) is 10.3 Å². The molecule has 0 aliphatic heterocycles. The Morgan fingerprint density at radius 2 is 2.44 bits per heavy atom. The first kappa shape index (κ1) is 13.5. The number of thiazole rings is 1. The average Bonchev–Trinajstić information content (AvgIpc) is 2.75. The number of hydrogen-bond acceptors (Lipinski definition) is 5. The fraction of sp³-hybridized carbons (Fsp3) is 0.667. The van der Waals surface area contributed by atoms with Crippen molar-refractivity contribution in [2.24, 2.45) is 5.73 Å². The van der Waals surface area contributed by atoms with E-state index in [1.54, 1.807) is 5.38 Å². The number of nitrogens with one attached hydrogen (secondary N) is 1. The molecule has 1 atom stereocenters. The smallest absolute Gasteiger partial charge is 0.270 e. The summed E-state index contributed by atoms with van der Waals surface area (Å²) in [6, 6.07) is 0.0945. The van der Waals surface area contributed by atoms with Gasteiger partial charge in [-0.1, -0.05) is 0 Å². The van der Waals surface area contributed by atoms with Crippen molar-refractivity contribution < 1.29 is 9.53 Å². The van der Waals surface area contributed by atoms with Gasteiger partial charge in [-0.2, -0.15) is 0 Å². The molecule has 3 N–H and O–H groups in total. The zero-order chi connectivity index (χ0) is 13.1. The van der Waals surface area contributed by atoms with E-state index in [9.17, 15) is 4.79 Å². The topological polar surface area (TPSA) is 77.2 Å². The van der Waals surface area contributed by atoms with Gasteiger partial charge in [0, 0.05) is 18.0 Å². The molecule has 0 spiro atoms. The summed E-state index contributed by atoms with van der Waals surface area (Å²) < 4.78 is 5.45. The first-order valence-corrected chi connectivity index (χ1v) is 7.11. The maximum atomic E-state index is 11.9. The molecule has 1 aliphatic carbocycles. The number of nitrogens with two attached hydrogens (primary N) is 1. The Morgan fingerprint density at radius 3 is 3.00 bits per heavy atom. The molecule has 1 amide bonds. The molecule has 100 valence electrons. The third-order valence-electron chi connectivity index (χ3n) is 2.98. The molecule has 1 aromatic heterocycles. The molecule has 1 aliphatic rings. The lowest BCUT2D eigenvalue weighted by Crippen LogP contribution is -2.47. The van der Waals surface area contributed by atoms with E-state index >= 15 is 0 Å². The van der Waals surface area contributed by atoms with Crippen molar-refractivity contribution in [3.05, 3.63) is 16.1 Å². The van der Waals surface area contributed by atoms with Crippen molar-refractivity contribution in [1.29, 1.82) is 0 Å². The zero-order valence-electron chi connectivity index (χ0n) is 10.7. The lowest BCUT2D eigenvalue weighted by molar-refractivity contribution is -0.00866. The molecule has 0 saturated heterocycles. The Kier molecular flexibility index (Phi) is 4.31. The van der Waals surface area contributed by atoms with Gasteiger partial charge in [0.1, 0.15) is 10.7 Å². The standard InChI is InChI=1S/C12H19N3O2S/c1-3-17-9-4-8(5-9)14-11(16)10-6-18-12(15-10)7(2)13/h6-9H,3-5,13H2,1-2H3,(H,14,16). The second-order valence-corrected chi connectivity index (χ2v) is 5.47. The number of hydrogen-bond donors (Lipinski definition) is 2. The molecule has 6 heteroatoms. The molecule has 1 fully saturated rings. The summed E-state index contributed by atoms with van der Waals surface area (Å²) >= 11 is 1.43. The van der Waals surface area contributed by atoms with Crippen LogP contribution in [0.15, 0.2) is 5.38 Å². The highest BCUT2D eigenvalue weighted by molar-refractivity contribution is 7.09. The quantitative estimate of drug-likeness (QED) is 0.848. The Labute approximate surface area is 111 Å². The predicted molar refractivity (Wildman–Crippen MR) is 70.6 cm³/mol. The predicted octanol–water partition coefficient (Wildman–Crippen LogP) is 1.46. The minimum absolute atomic E-state index is 0.113. The summed E-state index contributed by atoms with van der Waals surface area (Å²) in [5.74, 6) is -0.113. The van der Waals surface area contributed by atoms with Crippen LogP contribution in [0.5, 0.6) is 0 Å². The van der Waals surface area contributed by atoms with Crippen molar-refractivity contribution in [3.8, 4) is 0 Å². The average molecular weight is 269 g/mol. The van der Waals surface area contributed by atoms with E-state index in [-0.39, 0.29) is 18.0 Å². The van der Waals surface area contributed by atoms with Crippen molar-refractivity contribution in [2.75, 3.05) is 6.61 Å². The molecule has 2 rings (SSSR count). The highest BCUT2D eigenvalue weighted by Gasteiger charge is 2.31. The summed E-state index contributed by atoms with van der Waals surface area (Å²) in [6.45, 7) is 4.57. The van der Waals surface area contributed by atoms with Crippen LogP contribution in [0.1, 0.15) is 48.2 Å². The number of carbonyl (C=O) groups excluding carboxylic acids is 1. The van der Waals surface area contributed by atoms with Crippen molar-refractivity contribution in [3.63, 3.8) is 0 Å². The van der Waals surface area contributed by atoms with E-state index in [4.69, 9.17) is 10.5 Å². The van der Waals surface area contributed by atoms with Crippen LogP contribution < -0.4 is 11.1 Å². The minimum Gasteiger partial charge on any atom is -0.378 e. The normalized spacial score (nSPS) is 24.4. The van der Waals surface area contributed by atoms with Gasteiger partial charge < -0.3 is 15.8 Å². The van der Waals surface area contributed by atoms with E-state index in [0.29, 0.717) is 11.8 Å². The first-order valence-electron chi connectivity index (χ1n) is 6.23. The molecular weight excluding hydrogens is 250 g/mol. The van der Waals surface area contributed by atoms with Gasteiger partial charge in [0.05, 0.1) is 12.1 Å². The maximum Gasteiger partial charge on any atom is 0.270 e. The molecule has 1 unspecified atom stereocenters. The van der Waals surface area contributed by atoms with Crippen LogP contribution in [-0.4, -0.2) is 29.6 Å². The van der Waals surface area contributed by atoms with Crippen LogP contribution in [0.4, 0.5) is 0 Å². The number of carbonyl (C=O) groups is 1. The van der Waals surface area contributed by atoms with Crippen LogP contribution in [0.25, 0.3) is 0 Å². The molecule has 0 bridgehead atoms. The fourth-order valence-corrected chi connectivity index (χ4v) is 2.67. The van der Waals surface area contributed by atoms with Crippen LogP contribution in [0.3, 0.4) is 0 Å². The molecule has 5 nitrogen and oxygen atoms in total. The summed E-state index contributed by atoms with van der Waals surface area (Å²) in [6.07, 6.45) is 2.09. The Balaban J connectivity index is 1.81. The maximum absolute atomic E-state index is 11.9. The zero-order valence-corrected chi connectivity index (χ0v) is 11.5. The number of aromatic nitrogens is 1. The van der Waals surface area contributed by atoms with Crippen LogP contribution in [0.2, 0.25) is 0 Å². The number of ether oxygens (including phenoxy) is 1. The minimum atomic E-state index is -0.123. The third kappa shape index (κ3) is 3.07. The number of nitrogens with zero attached hydrogens (tertiary/aromatic N) is 1. The highest BCUT2D eigenvalue weighted by atomic mass is 32.1. The molecule has 18 heavy (non-hydrogen) atoms. The van der Waals surface area contributed by atoms with E-state index in [1.807, 2.05) is 13.8 Å². The van der Waals surface area contributed by atoms with Crippen molar-refractivity contribution in [1.82, 2.24) is 10.3 Å². The van der Waals surface area contributed by atoms with E-state index in [0.717, 1.165) is 24.5 Å². The van der Waals surface area contributed by atoms with Gasteiger partial charge in [-0.25, -0.2) is 4.98 Å². The lowest BCUT2D eigenvalue weighted by Gasteiger charge is -2.35. The van der Waals surface area contributed by atoms with Crippen molar-refractivity contribution >= 4 is 17.2 Å². The summed E-state index contributed by atoms with van der Waals surface area (Å²) in [4.78, 5) is 16.1. The van der Waals surface area contributed by atoms with Gasteiger partial charge in [-0.05, 0) is 26.7 Å². The second kappa shape index (κ2) is 5.77. The number of amides is 1. The molecule has 1 saturated carbocycles. The van der Waals surface area contributed by atoms with Gasteiger partial charge in [-0.3, -0.25) is 4.79 Å². The van der Waals surface area contributed by atoms with Gasteiger partial charge in [0.2, 0.25) is 0 Å². The van der Waals surface area contributed by atoms with Crippen LogP contribution in [0, 0.1) is 0 Å². The van der Waals surface area contributed by atoms with Gasteiger partial charge in [0.25, 0.3) is 5.91 Å². The second-order valence-electron chi connectivity index (χ2n) is 4.58. The van der Waals surface area contributed by atoms with Gasteiger partial charge >= 0.3 is 0 Å². The summed E-state index contributed by atoms with van der Waals surface area (Å²) in [5.41, 5.74) is 6.18. The third-order valence-corrected chi connectivity index (χ3v) is 4.02. The summed E-state index contributed by atoms with van der Waals surface area (Å²) in [5, 5.41) is 5.51. The SMILES string of the molecule is CCOC1CC(NC(=O)c2csc(C(C)N)n2)C1. The molecular formula is C12H19N3O2S. The Morgan fingerprint density at radius 1 is 1.72 bits per heavy atom. The first-order chi connectivity index (χ1) is 8.60. The largest absolute Gasteiger partial charge is 0.378 e. The molecule has 0 aromatic carbocycles. The Bertz CT molecular complexity index is 413. The Hall–Kier alpha value is -0.980. The summed E-state index contributed by atoms with van der Waals surface area (Å²) in [7, 11) is 0. The molecule has 1 aromatic rings. The monoisotopic (exact) mass is 269 g/mol. The van der Waals surface area contributed by atoms with Gasteiger partial charge in [-0.15, -0.1) is 11.3 Å². The molecule has 1 heterocycles. The highest BCUT2D eigenvalue weighted by Crippen LogP contribution is 2.24. The van der Waals surface area contributed by atoms with Crippen LogP contribution >= 0.6 is 11.3 Å². The van der Waals surface area contributed by atoms with Crippen LogP contribution in [-0.2, 0) is 4.74 Å². The van der Waals surface area contributed by atoms with E-state index < -0.39 is 0 Å². The van der Waals surface area contributed by atoms with Gasteiger partial charge in [0.15, 0.2) is 0 Å². The number of rotatable bonds is 5.